The quantitative estimate of drug-likeness (QED) is 0.0482. The van der Waals surface area contributed by atoms with E-state index in [1.54, 1.807) is 6.07 Å². The van der Waals surface area contributed by atoms with Crippen LogP contribution >= 0.6 is 0 Å². The van der Waals surface area contributed by atoms with Crippen molar-refractivity contribution >= 4 is 55.1 Å². The van der Waals surface area contributed by atoms with Gasteiger partial charge in [-0.2, -0.15) is 0 Å². The maximum Gasteiger partial charge on any atom is 0.455 e. The molecule has 4 aromatic rings. The molecule has 0 bridgehead atoms. The summed E-state index contributed by atoms with van der Waals surface area (Å²) in [4.78, 5) is 41.3. The van der Waals surface area contributed by atoms with Gasteiger partial charge in [-0.3, -0.25) is 19.7 Å². The number of phenolic OH excluding ortho intramolecular Hbond substituents is 1. The molecule has 7 rings (SSSR count). The Kier molecular flexibility index (Phi) is 12.0. The van der Waals surface area contributed by atoms with E-state index < -0.39 is 56.0 Å². The Balaban J connectivity index is 1.32. The second kappa shape index (κ2) is 16.8. The second-order valence-corrected chi connectivity index (χ2v) is 21.6. The van der Waals surface area contributed by atoms with Gasteiger partial charge in [0.05, 0.1) is 35.2 Å². The van der Waals surface area contributed by atoms with Crippen molar-refractivity contribution in [2.45, 2.75) is 84.7 Å². The van der Waals surface area contributed by atoms with Crippen LogP contribution in [0.4, 0.5) is 11.4 Å². The molecule has 59 heavy (non-hydrogen) atoms. The molecule has 10 nitrogen and oxygen atoms in total. The lowest BCUT2D eigenvalue weighted by Crippen LogP contribution is -2.66. The molecule has 3 aliphatic rings. The van der Waals surface area contributed by atoms with Gasteiger partial charge in [-0.05, 0) is 113 Å². The summed E-state index contributed by atoms with van der Waals surface area (Å²) in [6, 6.07) is 30.3. The number of rotatable bonds is 12. The van der Waals surface area contributed by atoms with Gasteiger partial charge in [0.25, 0.3) is 14.0 Å². The number of amides is 2. The Bertz CT molecular complexity index is 2240. The van der Waals surface area contributed by atoms with E-state index in [-0.39, 0.29) is 41.5 Å². The molecule has 0 saturated carbocycles. The van der Waals surface area contributed by atoms with Crippen molar-refractivity contribution in [2.75, 3.05) is 11.5 Å². The molecule has 0 aromatic heterocycles. The van der Waals surface area contributed by atoms with E-state index in [4.69, 9.17) is 9.08 Å². The van der Waals surface area contributed by atoms with Gasteiger partial charge >= 0.3 is 7.12 Å². The number of fused-ring (bicyclic) bond motifs is 3. The minimum Gasteiger partial charge on any atom is -0.507 e. The molecule has 2 saturated heterocycles. The van der Waals surface area contributed by atoms with E-state index in [0.717, 1.165) is 55.1 Å². The summed E-state index contributed by atoms with van der Waals surface area (Å²) in [6.07, 6.45) is 3.90. The molecular formula is C47H53BN2O8Si. The Hall–Kier alpha value is -5.14. The molecule has 0 unspecified atom stereocenters. The zero-order valence-electron chi connectivity index (χ0n) is 34.7. The molecule has 1 aliphatic carbocycles. The van der Waals surface area contributed by atoms with Crippen LogP contribution in [0.25, 0.3) is 6.08 Å². The highest BCUT2D eigenvalue weighted by Crippen LogP contribution is 2.52. The van der Waals surface area contributed by atoms with Gasteiger partial charge < -0.3 is 19.2 Å². The number of allylic oxidation sites excluding steroid dienone is 1. The van der Waals surface area contributed by atoms with Crippen LogP contribution < -0.4 is 15.3 Å². The lowest BCUT2D eigenvalue weighted by Gasteiger charge is -2.46. The number of carbonyl (C=O) groups is 2. The largest absolute Gasteiger partial charge is 0.507 e. The van der Waals surface area contributed by atoms with E-state index in [9.17, 15) is 29.8 Å². The third kappa shape index (κ3) is 7.99. The number of nitro groups is 1. The number of benzene rings is 4. The van der Waals surface area contributed by atoms with Crippen molar-refractivity contribution in [3.8, 4) is 5.75 Å². The Morgan fingerprint density at radius 2 is 1.58 bits per heavy atom. The van der Waals surface area contributed by atoms with Gasteiger partial charge in [0.15, 0.2) is 0 Å². The zero-order valence-corrected chi connectivity index (χ0v) is 35.7. The van der Waals surface area contributed by atoms with E-state index >= 15 is 0 Å². The van der Waals surface area contributed by atoms with Gasteiger partial charge in [-0.15, -0.1) is 0 Å². The van der Waals surface area contributed by atoms with Crippen molar-refractivity contribution < 1.29 is 33.7 Å². The highest BCUT2D eigenvalue weighted by atomic mass is 28.4. The summed E-state index contributed by atoms with van der Waals surface area (Å²) in [5.41, 5.74) is 5.52. The third-order valence-corrected chi connectivity index (χ3v) is 17.5. The number of hydrogen-bond acceptors (Lipinski definition) is 8. The van der Waals surface area contributed by atoms with Crippen LogP contribution in [0.3, 0.4) is 0 Å². The first kappa shape index (κ1) is 42.0. The lowest BCUT2D eigenvalue weighted by molar-refractivity contribution is -0.384. The highest BCUT2D eigenvalue weighted by molar-refractivity contribution is 6.99. The predicted octanol–water partition coefficient (Wildman–Crippen LogP) is 8.07. The third-order valence-electron chi connectivity index (χ3n) is 12.6. The van der Waals surface area contributed by atoms with Crippen molar-refractivity contribution in [1.29, 1.82) is 0 Å². The number of nitro benzene ring substituents is 1. The second-order valence-electron chi connectivity index (χ2n) is 17.3. The Morgan fingerprint density at radius 3 is 2.15 bits per heavy atom. The predicted molar refractivity (Wildman–Crippen MR) is 234 cm³/mol. The first-order valence-corrected chi connectivity index (χ1v) is 22.5. The SMILES string of the molecule is CC/C(=C\c1cc(C)c(O)c(C)c1)CC[C@H]1OB(O)C[C@H]2C1=C(CO[Si](c1ccccc1)(c1ccccc1)C(C)(C)C)C[C@H]1C(=O)N(c3cccc([N+](=O)[O-])c3)C(=O)[C@H]12. The summed E-state index contributed by atoms with van der Waals surface area (Å²) in [5.74, 6) is -2.58. The van der Waals surface area contributed by atoms with E-state index in [0.29, 0.717) is 12.8 Å². The van der Waals surface area contributed by atoms with Gasteiger partial charge in [-0.1, -0.05) is 106 Å². The normalized spacial score (nSPS) is 21.2. The minimum atomic E-state index is -3.05. The summed E-state index contributed by atoms with van der Waals surface area (Å²) in [6.45, 7) is 12.7. The highest BCUT2D eigenvalue weighted by Gasteiger charge is 2.58. The standard InChI is InChI=1S/C47H53BN2O8Si/c1-7-32(25-33-23-30(2)44(51)31(3)24-33)21-22-41-42-34(29-57-59(47(4,5)6,37-17-10-8-11-18-37)38-19-12-9-13-20-38)26-39-43(40(42)28-48(54)58-41)46(53)49(45(39)52)35-15-14-16-36(27-35)50(55)56/h8-20,23-25,27,39-41,43,51,54H,7,21-22,26,28-29H2,1-6H3/b32-25+/t39-,40+,41-,43-/m1/s1. The number of aryl methyl sites for hydroxylation is 2. The Morgan fingerprint density at radius 1 is 0.949 bits per heavy atom. The average molecular weight is 813 g/mol. The average Bonchev–Trinajstić information content (AvgIpc) is 3.47. The fourth-order valence-corrected chi connectivity index (χ4v) is 14.4. The van der Waals surface area contributed by atoms with E-state index in [2.05, 4.69) is 58.0 Å². The molecule has 2 fully saturated rings. The maximum atomic E-state index is 14.6. The zero-order chi connectivity index (χ0) is 42.2. The molecule has 2 heterocycles. The molecule has 4 atom stereocenters. The van der Waals surface area contributed by atoms with Crippen LogP contribution in [0.1, 0.15) is 70.1 Å². The van der Waals surface area contributed by atoms with Gasteiger partial charge in [0.1, 0.15) is 5.75 Å². The fourth-order valence-electron chi connectivity index (χ4n) is 9.83. The number of imide groups is 1. The topological polar surface area (TPSA) is 139 Å². The number of anilines is 1. The van der Waals surface area contributed by atoms with Crippen LogP contribution in [0.5, 0.6) is 5.75 Å². The van der Waals surface area contributed by atoms with Gasteiger partial charge in [0.2, 0.25) is 11.8 Å². The number of phenols is 1. The maximum absolute atomic E-state index is 14.6. The van der Waals surface area contributed by atoms with Crippen LogP contribution in [0.2, 0.25) is 11.4 Å². The summed E-state index contributed by atoms with van der Waals surface area (Å²) in [5, 5.41) is 35.4. The monoisotopic (exact) mass is 812 g/mol. The molecule has 2 N–H and O–H groups in total. The summed E-state index contributed by atoms with van der Waals surface area (Å²) >= 11 is 0. The van der Waals surface area contributed by atoms with E-state index in [1.165, 1.54) is 18.2 Å². The molecule has 12 heteroatoms. The number of aromatic hydroxyl groups is 1. The van der Waals surface area contributed by atoms with Crippen LogP contribution in [-0.4, -0.2) is 55.0 Å². The van der Waals surface area contributed by atoms with Crippen LogP contribution in [0, 0.1) is 41.7 Å². The van der Waals surface area contributed by atoms with Crippen LogP contribution in [0.15, 0.2) is 114 Å². The Labute approximate surface area is 348 Å². The molecular weight excluding hydrogens is 759 g/mol. The summed E-state index contributed by atoms with van der Waals surface area (Å²) < 4.78 is 13.9. The summed E-state index contributed by atoms with van der Waals surface area (Å²) in [7, 11) is -4.22. The van der Waals surface area contributed by atoms with Gasteiger partial charge in [-0.25, -0.2) is 4.90 Å². The molecule has 2 amide bonds. The fraction of sp³-hybridized carbons (Fsp3) is 0.362. The smallest absolute Gasteiger partial charge is 0.455 e. The first-order chi connectivity index (χ1) is 28.1. The van der Waals surface area contributed by atoms with Crippen molar-refractivity contribution in [3.05, 3.63) is 141 Å². The van der Waals surface area contributed by atoms with Crippen LogP contribution in [-0.2, 0) is 18.7 Å². The first-order valence-electron chi connectivity index (χ1n) is 20.6. The molecule has 4 aromatic carbocycles. The molecule has 306 valence electrons. The van der Waals surface area contributed by atoms with Crippen molar-refractivity contribution in [2.24, 2.45) is 17.8 Å². The number of hydrogen-bond donors (Lipinski definition) is 2. The number of carbonyl (C=O) groups excluding carboxylic acids is 2. The molecule has 2 aliphatic heterocycles. The molecule has 0 radical (unpaired) electrons. The van der Waals surface area contributed by atoms with Gasteiger partial charge in [0, 0.05) is 12.1 Å². The van der Waals surface area contributed by atoms with Crippen molar-refractivity contribution in [3.63, 3.8) is 0 Å². The lowest BCUT2D eigenvalue weighted by atomic mass is 9.58. The minimum absolute atomic E-state index is 0.125. The number of nitrogens with zero attached hydrogens (tertiary/aromatic N) is 2. The van der Waals surface area contributed by atoms with Crippen molar-refractivity contribution in [1.82, 2.24) is 0 Å². The van der Waals surface area contributed by atoms with E-state index in [1.807, 2.05) is 62.4 Å². The number of non-ortho nitro benzene ring substituents is 1. The molecule has 0 spiro atoms.